The third-order valence-electron chi connectivity index (χ3n) is 2.80. The molecule has 0 saturated heterocycles. The van der Waals surface area contributed by atoms with Gasteiger partial charge < -0.3 is 9.52 Å². The van der Waals surface area contributed by atoms with E-state index >= 15 is 0 Å². The number of aromatic nitrogens is 3. The summed E-state index contributed by atoms with van der Waals surface area (Å²) in [5, 5.41) is 15.8. The Morgan fingerprint density at radius 3 is 3.00 bits per heavy atom. The molecule has 1 saturated carbocycles. The van der Waals surface area contributed by atoms with Crippen LogP contribution < -0.4 is 5.69 Å². The highest BCUT2D eigenvalue weighted by Gasteiger charge is 2.28. The number of carbonyl (C=O) groups is 1. The molecule has 0 spiro atoms. The molecule has 0 aromatic carbocycles. The van der Waals surface area contributed by atoms with Crippen LogP contribution >= 0.6 is 11.8 Å². The minimum atomic E-state index is -1.09. The molecule has 0 atom stereocenters. The smallest absolute Gasteiger partial charge is 0.371 e. The number of aromatic carboxylic acids is 1. The van der Waals surface area contributed by atoms with Gasteiger partial charge in [-0.25, -0.2) is 14.7 Å². The van der Waals surface area contributed by atoms with Crippen molar-refractivity contribution in [3.63, 3.8) is 0 Å². The lowest BCUT2D eigenvalue weighted by molar-refractivity contribution is 0.0661. The second-order valence-electron chi connectivity index (χ2n) is 4.27. The highest BCUT2D eigenvalue weighted by atomic mass is 32.2. The van der Waals surface area contributed by atoms with Crippen molar-refractivity contribution in [1.29, 1.82) is 0 Å². The molecular formula is C11H11N3O4S. The summed E-state index contributed by atoms with van der Waals surface area (Å²) in [4.78, 5) is 22.2. The van der Waals surface area contributed by atoms with Crippen LogP contribution in [-0.2, 0) is 5.75 Å². The van der Waals surface area contributed by atoms with Crippen LogP contribution in [0.3, 0.4) is 0 Å². The van der Waals surface area contributed by atoms with Crippen LogP contribution in [0.1, 0.15) is 35.2 Å². The van der Waals surface area contributed by atoms with E-state index in [-0.39, 0.29) is 17.5 Å². The minimum Gasteiger partial charge on any atom is -0.475 e. The molecule has 0 unspecified atom stereocenters. The van der Waals surface area contributed by atoms with E-state index in [1.165, 1.54) is 17.8 Å². The molecule has 0 amide bonds. The molecule has 0 bridgehead atoms. The molecule has 2 aromatic rings. The number of hydrogen-bond acceptors (Lipinski definition) is 5. The third-order valence-corrected chi connectivity index (χ3v) is 3.78. The van der Waals surface area contributed by atoms with Gasteiger partial charge in [0.2, 0.25) is 5.76 Å². The van der Waals surface area contributed by atoms with Gasteiger partial charge in [-0.2, -0.15) is 0 Å². The maximum absolute atomic E-state index is 11.6. The Labute approximate surface area is 111 Å². The number of H-pyrrole nitrogens is 1. The lowest BCUT2D eigenvalue weighted by Crippen LogP contribution is -2.16. The summed E-state index contributed by atoms with van der Waals surface area (Å²) in [6, 6.07) is 3.28. The summed E-state index contributed by atoms with van der Waals surface area (Å²) < 4.78 is 6.79. The number of furan rings is 1. The van der Waals surface area contributed by atoms with Gasteiger partial charge in [-0.15, -0.1) is 5.10 Å². The van der Waals surface area contributed by atoms with Gasteiger partial charge in [0.15, 0.2) is 5.16 Å². The van der Waals surface area contributed by atoms with Crippen molar-refractivity contribution in [3.05, 3.63) is 34.1 Å². The van der Waals surface area contributed by atoms with Gasteiger partial charge in [-0.3, -0.25) is 4.57 Å². The Hall–Kier alpha value is -1.96. The highest BCUT2D eigenvalue weighted by Crippen LogP contribution is 2.36. The number of nitrogens with zero attached hydrogens (tertiary/aromatic N) is 2. The van der Waals surface area contributed by atoms with Crippen LogP contribution in [0.15, 0.2) is 26.5 Å². The molecule has 0 radical (unpaired) electrons. The van der Waals surface area contributed by atoms with Gasteiger partial charge in [-0.1, -0.05) is 11.8 Å². The van der Waals surface area contributed by atoms with Crippen LogP contribution in [0.2, 0.25) is 0 Å². The number of carboxylic acid groups (broad SMARTS) is 1. The first-order valence-electron chi connectivity index (χ1n) is 5.77. The first kappa shape index (κ1) is 12.1. The second kappa shape index (κ2) is 4.61. The molecule has 3 rings (SSSR count). The Morgan fingerprint density at radius 2 is 2.37 bits per heavy atom. The summed E-state index contributed by atoms with van der Waals surface area (Å²) >= 11 is 1.35. The van der Waals surface area contributed by atoms with E-state index < -0.39 is 5.97 Å². The zero-order chi connectivity index (χ0) is 13.4. The topological polar surface area (TPSA) is 101 Å². The quantitative estimate of drug-likeness (QED) is 0.805. The average Bonchev–Trinajstić information content (AvgIpc) is 2.97. The zero-order valence-electron chi connectivity index (χ0n) is 9.83. The molecule has 19 heavy (non-hydrogen) atoms. The van der Waals surface area contributed by atoms with Crippen LogP contribution in [-0.4, -0.2) is 25.8 Å². The van der Waals surface area contributed by atoms with Gasteiger partial charge in [0, 0.05) is 6.04 Å². The van der Waals surface area contributed by atoms with Crippen molar-refractivity contribution in [2.45, 2.75) is 29.8 Å². The second-order valence-corrected chi connectivity index (χ2v) is 5.21. The number of hydrogen-bond donors (Lipinski definition) is 2. The van der Waals surface area contributed by atoms with Crippen molar-refractivity contribution in [2.24, 2.45) is 0 Å². The van der Waals surface area contributed by atoms with Gasteiger partial charge in [0.25, 0.3) is 0 Å². The SMILES string of the molecule is O=C(O)c1ccc(CSc2n[nH]c(=O)n2C2CC2)o1. The van der Waals surface area contributed by atoms with Crippen molar-refractivity contribution >= 4 is 17.7 Å². The number of thioether (sulfide) groups is 1. The molecule has 2 N–H and O–H groups in total. The fourth-order valence-electron chi connectivity index (χ4n) is 1.75. The summed E-state index contributed by atoms with van der Waals surface area (Å²) in [6.45, 7) is 0. The normalized spacial score (nSPS) is 14.7. The van der Waals surface area contributed by atoms with Crippen LogP contribution in [0, 0.1) is 0 Å². The molecule has 1 fully saturated rings. The van der Waals surface area contributed by atoms with Crippen molar-refractivity contribution in [2.75, 3.05) is 0 Å². The fraction of sp³-hybridized carbons (Fsp3) is 0.364. The number of carboxylic acids is 1. The summed E-state index contributed by atoms with van der Waals surface area (Å²) in [7, 11) is 0. The molecule has 2 aromatic heterocycles. The molecule has 7 nitrogen and oxygen atoms in total. The molecule has 8 heteroatoms. The predicted molar refractivity (Wildman–Crippen MR) is 66.3 cm³/mol. The van der Waals surface area contributed by atoms with Gasteiger partial charge >= 0.3 is 11.7 Å². The minimum absolute atomic E-state index is 0.0859. The van der Waals surface area contributed by atoms with E-state index in [1.807, 2.05) is 0 Å². The fourth-order valence-corrected chi connectivity index (χ4v) is 2.66. The lowest BCUT2D eigenvalue weighted by Gasteiger charge is -2.01. The van der Waals surface area contributed by atoms with E-state index in [4.69, 9.17) is 9.52 Å². The average molecular weight is 281 g/mol. The Morgan fingerprint density at radius 1 is 1.58 bits per heavy atom. The molecular weight excluding hydrogens is 270 g/mol. The molecule has 1 aliphatic carbocycles. The maximum Gasteiger partial charge on any atom is 0.371 e. The van der Waals surface area contributed by atoms with Crippen molar-refractivity contribution in [3.8, 4) is 0 Å². The molecule has 1 aliphatic rings. The standard InChI is InChI=1S/C11H11N3O4S/c15-9(16)8-4-3-7(18-8)5-19-11-13-12-10(17)14(11)6-1-2-6/h3-4,6H,1-2,5H2,(H,12,17)(H,15,16). The zero-order valence-corrected chi connectivity index (χ0v) is 10.6. The predicted octanol–water partition coefficient (Wildman–Crippen LogP) is 1.49. The summed E-state index contributed by atoms with van der Waals surface area (Å²) in [5.74, 6) is -0.201. The van der Waals surface area contributed by atoms with Gasteiger partial charge in [-0.05, 0) is 25.0 Å². The van der Waals surface area contributed by atoms with Crippen molar-refractivity contribution < 1.29 is 14.3 Å². The van der Waals surface area contributed by atoms with Gasteiger partial charge in [0.1, 0.15) is 5.76 Å². The van der Waals surface area contributed by atoms with Crippen LogP contribution in [0.4, 0.5) is 0 Å². The van der Waals surface area contributed by atoms with E-state index in [1.54, 1.807) is 10.6 Å². The Balaban J connectivity index is 1.72. The first-order valence-corrected chi connectivity index (χ1v) is 6.75. The maximum atomic E-state index is 11.6. The highest BCUT2D eigenvalue weighted by molar-refractivity contribution is 7.98. The van der Waals surface area contributed by atoms with E-state index in [2.05, 4.69) is 10.2 Å². The number of nitrogens with one attached hydrogen (secondary N) is 1. The van der Waals surface area contributed by atoms with Crippen molar-refractivity contribution in [1.82, 2.24) is 14.8 Å². The summed E-state index contributed by atoms with van der Waals surface area (Å²) in [5.41, 5.74) is -0.198. The van der Waals surface area contributed by atoms with E-state index in [0.717, 1.165) is 12.8 Å². The Bertz CT molecular complexity index is 668. The number of rotatable bonds is 5. The van der Waals surface area contributed by atoms with Crippen LogP contribution in [0.5, 0.6) is 0 Å². The third kappa shape index (κ3) is 2.43. The lowest BCUT2D eigenvalue weighted by atomic mass is 10.4. The first-order chi connectivity index (χ1) is 9.15. The summed E-state index contributed by atoms with van der Waals surface area (Å²) in [6.07, 6.45) is 1.99. The number of aromatic amines is 1. The van der Waals surface area contributed by atoms with Crippen LogP contribution in [0.25, 0.3) is 0 Å². The van der Waals surface area contributed by atoms with E-state index in [0.29, 0.717) is 16.7 Å². The Kier molecular flexibility index (Phi) is 2.94. The monoisotopic (exact) mass is 281 g/mol. The van der Waals surface area contributed by atoms with E-state index in [9.17, 15) is 9.59 Å². The molecule has 2 heterocycles. The van der Waals surface area contributed by atoms with Gasteiger partial charge in [0.05, 0.1) is 5.75 Å². The largest absolute Gasteiger partial charge is 0.475 e. The molecule has 100 valence electrons. The molecule has 0 aliphatic heterocycles.